The van der Waals surface area contributed by atoms with Gasteiger partial charge in [0.15, 0.2) is 0 Å². The summed E-state index contributed by atoms with van der Waals surface area (Å²) in [5.74, 6) is -0.0760. The van der Waals surface area contributed by atoms with E-state index in [1.165, 1.54) is 11.6 Å². The third kappa shape index (κ3) is 8.49. The molecule has 0 aliphatic heterocycles. The van der Waals surface area contributed by atoms with E-state index in [2.05, 4.69) is 5.32 Å². The van der Waals surface area contributed by atoms with E-state index in [9.17, 15) is 9.59 Å². The van der Waals surface area contributed by atoms with Gasteiger partial charge in [-0.3, -0.25) is 15.3 Å². The second kappa shape index (κ2) is 13.0. The minimum atomic E-state index is -0.604. The van der Waals surface area contributed by atoms with E-state index in [-0.39, 0.29) is 13.2 Å². The first kappa shape index (κ1) is 23.9. The fourth-order valence-corrected chi connectivity index (χ4v) is 2.87. The van der Waals surface area contributed by atoms with Gasteiger partial charge in [-0.1, -0.05) is 42.0 Å². The number of carbonyl (C=O) groups excluding carboxylic acids is 2. The van der Waals surface area contributed by atoms with Crippen LogP contribution in [0.4, 0.5) is 10.5 Å². The van der Waals surface area contributed by atoms with Crippen molar-refractivity contribution in [3.63, 3.8) is 0 Å². The maximum atomic E-state index is 12.5. The second-order valence-electron chi connectivity index (χ2n) is 6.80. The van der Waals surface area contributed by atoms with E-state index in [4.69, 9.17) is 19.8 Å². The number of nitrogens with one attached hydrogen (secondary N) is 2. The third-order valence-corrected chi connectivity index (χ3v) is 4.38. The molecule has 31 heavy (non-hydrogen) atoms. The number of carbonyl (C=O) groups is 2. The predicted octanol–water partition coefficient (Wildman–Crippen LogP) is 3.89. The van der Waals surface area contributed by atoms with E-state index < -0.39 is 18.1 Å². The number of hydroxylamine groups is 1. The molecule has 2 rings (SSSR count). The van der Waals surface area contributed by atoms with Crippen LogP contribution < -0.4 is 15.5 Å². The Morgan fingerprint density at radius 2 is 1.87 bits per heavy atom. The van der Waals surface area contributed by atoms with Gasteiger partial charge < -0.3 is 14.6 Å². The third-order valence-electron chi connectivity index (χ3n) is 4.38. The summed E-state index contributed by atoms with van der Waals surface area (Å²) in [6.45, 7) is 1.95. The average Bonchev–Trinajstić information content (AvgIpc) is 2.78. The monoisotopic (exact) mass is 428 g/mol. The van der Waals surface area contributed by atoms with E-state index >= 15 is 0 Å². The molecule has 8 nitrogen and oxygen atoms in total. The number of aliphatic hydroxyl groups is 1. The number of rotatable bonds is 11. The van der Waals surface area contributed by atoms with Crippen molar-refractivity contribution in [3.8, 4) is 5.75 Å². The molecular weight excluding hydrogens is 400 g/mol. The number of unbranched alkanes of at least 4 members (excludes halogenated alkanes) is 1. The Morgan fingerprint density at radius 1 is 1.13 bits per heavy atom. The number of aryl methyl sites for hydroxylation is 1. The Balaban J connectivity index is 2.09. The van der Waals surface area contributed by atoms with Crippen LogP contribution in [0, 0.1) is 6.92 Å². The molecular formula is C23H28N2O6. The number of anilines is 1. The Bertz CT molecular complexity index is 867. The molecule has 0 aliphatic carbocycles. The number of hydrogen-bond donors (Lipinski definition) is 4. The molecule has 4 N–H and O–H groups in total. The first-order chi connectivity index (χ1) is 15.0. The standard InChI is InChI=1S/C23H28N2O6/c1-17-11-13-18(14-12-17)24-23(28)31-21(9-3-2-4-10-22(27)25-29)19-7-5-6-8-20(19)30-16-15-26/h4-8,10-14,21,26,29H,2-3,9,15-16H2,1H3,(H,24,28)(H,25,27)/b10-4+/t21-/m0/s1. The quantitative estimate of drug-likeness (QED) is 0.187. The molecule has 2 aromatic carbocycles. The molecule has 0 aliphatic rings. The van der Waals surface area contributed by atoms with Crippen LogP contribution in [0.1, 0.15) is 36.5 Å². The molecule has 0 fully saturated rings. The first-order valence-corrected chi connectivity index (χ1v) is 10.0. The van der Waals surface area contributed by atoms with Crippen molar-refractivity contribution in [1.82, 2.24) is 5.48 Å². The average molecular weight is 428 g/mol. The summed E-state index contributed by atoms with van der Waals surface area (Å²) in [6.07, 6.45) is 3.31. The number of amides is 2. The van der Waals surface area contributed by atoms with Crippen LogP contribution in [0.5, 0.6) is 5.75 Å². The van der Waals surface area contributed by atoms with Crippen molar-refractivity contribution >= 4 is 17.7 Å². The lowest BCUT2D eigenvalue weighted by atomic mass is 10.0. The van der Waals surface area contributed by atoms with Gasteiger partial charge in [0.2, 0.25) is 0 Å². The van der Waals surface area contributed by atoms with Crippen molar-refractivity contribution in [3.05, 3.63) is 71.8 Å². The minimum absolute atomic E-state index is 0.123. The summed E-state index contributed by atoms with van der Waals surface area (Å²) in [4.78, 5) is 23.6. The molecule has 2 aromatic rings. The van der Waals surface area contributed by atoms with Crippen LogP contribution in [0.2, 0.25) is 0 Å². The van der Waals surface area contributed by atoms with E-state index in [0.29, 0.717) is 36.3 Å². The van der Waals surface area contributed by atoms with E-state index in [0.717, 1.165) is 5.56 Å². The number of ether oxygens (including phenoxy) is 2. The lowest BCUT2D eigenvalue weighted by Gasteiger charge is -2.21. The second-order valence-corrected chi connectivity index (χ2v) is 6.80. The smallest absolute Gasteiger partial charge is 0.412 e. The zero-order chi connectivity index (χ0) is 22.5. The van der Waals surface area contributed by atoms with Crippen molar-refractivity contribution in [2.75, 3.05) is 18.5 Å². The fourth-order valence-electron chi connectivity index (χ4n) is 2.87. The lowest BCUT2D eigenvalue weighted by molar-refractivity contribution is -0.124. The molecule has 2 amide bonds. The normalized spacial score (nSPS) is 11.7. The summed E-state index contributed by atoms with van der Waals surface area (Å²) in [5, 5.41) is 20.3. The van der Waals surface area contributed by atoms with Crippen LogP contribution in [0.25, 0.3) is 0 Å². The van der Waals surface area contributed by atoms with Crippen molar-refractivity contribution in [2.24, 2.45) is 0 Å². The SMILES string of the molecule is Cc1ccc(NC(=O)O[C@@H](CCC/C=C/C(=O)NO)c2ccccc2OCCO)cc1. The maximum absolute atomic E-state index is 12.5. The molecule has 0 spiro atoms. The fraction of sp³-hybridized carbons (Fsp3) is 0.304. The Hall–Kier alpha value is -3.36. The summed E-state index contributed by atoms with van der Waals surface area (Å²) < 4.78 is 11.3. The van der Waals surface area contributed by atoms with Crippen LogP contribution in [0.15, 0.2) is 60.7 Å². The number of benzene rings is 2. The summed E-state index contributed by atoms with van der Waals surface area (Å²) in [7, 11) is 0. The van der Waals surface area contributed by atoms with E-state index in [1.54, 1.807) is 30.3 Å². The zero-order valence-corrected chi connectivity index (χ0v) is 17.4. The van der Waals surface area contributed by atoms with Crippen molar-refractivity contribution < 1.29 is 29.4 Å². The molecule has 0 radical (unpaired) electrons. The summed E-state index contributed by atoms with van der Waals surface area (Å²) in [6, 6.07) is 14.6. The zero-order valence-electron chi connectivity index (χ0n) is 17.4. The maximum Gasteiger partial charge on any atom is 0.412 e. The Kier molecular flexibility index (Phi) is 10.1. The summed E-state index contributed by atoms with van der Waals surface area (Å²) >= 11 is 0. The predicted molar refractivity (Wildman–Crippen MR) is 116 cm³/mol. The number of allylic oxidation sites excluding steroid dienone is 1. The topological polar surface area (TPSA) is 117 Å². The molecule has 0 bridgehead atoms. The molecule has 0 saturated heterocycles. The number of aliphatic hydroxyl groups excluding tert-OH is 1. The van der Waals surface area contributed by atoms with Gasteiger partial charge in [0.05, 0.1) is 6.61 Å². The van der Waals surface area contributed by atoms with Crippen LogP contribution in [-0.2, 0) is 9.53 Å². The van der Waals surface area contributed by atoms with Crippen molar-refractivity contribution in [1.29, 1.82) is 0 Å². The van der Waals surface area contributed by atoms with Crippen molar-refractivity contribution in [2.45, 2.75) is 32.3 Å². The molecule has 166 valence electrons. The highest BCUT2D eigenvalue weighted by Crippen LogP contribution is 2.32. The van der Waals surface area contributed by atoms with Crippen LogP contribution in [-0.4, -0.2) is 35.5 Å². The van der Waals surface area contributed by atoms with Gasteiger partial charge in [-0.15, -0.1) is 0 Å². The van der Waals surface area contributed by atoms with Gasteiger partial charge in [0, 0.05) is 17.3 Å². The molecule has 0 unspecified atom stereocenters. The molecule has 0 saturated carbocycles. The van der Waals surface area contributed by atoms with Gasteiger partial charge in [0.25, 0.3) is 5.91 Å². The molecule has 0 aromatic heterocycles. The highest BCUT2D eigenvalue weighted by atomic mass is 16.6. The van der Waals surface area contributed by atoms with Gasteiger partial charge in [-0.05, 0) is 44.4 Å². The van der Waals surface area contributed by atoms with Crippen LogP contribution >= 0.6 is 0 Å². The van der Waals surface area contributed by atoms with E-state index in [1.807, 2.05) is 31.2 Å². The minimum Gasteiger partial charge on any atom is -0.491 e. The highest BCUT2D eigenvalue weighted by molar-refractivity contribution is 5.86. The first-order valence-electron chi connectivity index (χ1n) is 10.0. The molecule has 1 atom stereocenters. The highest BCUT2D eigenvalue weighted by Gasteiger charge is 2.20. The van der Waals surface area contributed by atoms with Gasteiger partial charge in [-0.2, -0.15) is 0 Å². The number of para-hydroxylation sites is 1. The van der Waals surface area contributed by atoms with Gasteiger partial charge in [-0.25, -0.2) is 10.3 Å². The number of hydrogen-bond acceptors (Lipinski definition) is 6. The van der Waals surface area contributed by atoms with Crippen LogP contribution in [0.3, 0.4) is 0 Å². The summed E-state index contributed by atoms with van der Waals surface area (Å²) in [5.41, 5.74) is 3.92. The molecule has 8 heteroatoms. The Labute approximate surface area is 181 Å². The largest absolute Gasteiger partial charge is 0.491 e. The van der Waals surface area contributed by atoms with Gasteiger partial charge in [0.1, 0.15) is 18.5 Å². The molecule has 0 heterocycles. The van der Waals surface area contributed by atoms with Gasteiger partial charge >= 0.3 is 6.09 Å². The Morgan fingerprint density at radius 3 is 2.58 bits per heavy atom. The lowest BCUT2D eigenvalue weighted by Crippen LogP contribution is -2.18.